The minimum atomic E-state index is -0.419. The molecule has 0 aliphatic rings. The van der Waals surface area contributed by atoms with Crippen molar-refractivity contribution in [3.05, 3.63) is 76.7 Å². The molecule has 0 amide bonds. The largest absolute Gasteiger partial charge is 0.497 e. The Bertz CT molecular complexity index is 989. The molecule has 0 saturated carbocycles. The van der Waals surface area contributed by atoms with Crippen LogP contribution in [0.15, 0.2) is 48.5 Å². The van der Waals surface area contributed by atoms with Crippen LogP contribution < -0.4 is 4.74 Å². The van der Waals surface area contributed by atoms with Gasteiger partial charge in [-0.25, -0.2) is 4.39 Å². The molecule has 3 aromatic rings. The fourth-order valence-corrected chi connectivity index (χ4v) is 2.55. The van der Waals surface area contributed by atoms with Crippen molar-refractivity contribution in [3.63, 3.8) is 0 Å². The number of methoxy groups -OCH3 is 1. The highest BCUT2D eigenvalue weighted by atomic mass is 19.1. The van der Waals surface area contributed by atoms with Gasteiger partial charge in [0, 0.05) is 17.2 Å². The molecule has 5 heteroatoms. The van der Waals surface area contributed by atoms with Crippen LogP contribution in [0.4, 0.5) is 4.39 Å². The van der Waals surface area contributed by atoms with Crippen LogP contribution in [0.1, 0.15) is 27.2 Å². The number of ketones is 1. The predicted molar refractivity (Wildman–Crippen MR) is 99.8 cm³/mol. The molecule has 0 saturated heterocycles. The van der Waals surface area contributed by atoms with Gasteiger partial charge in [0.1, 0.15) is 11.6 Å². The van der Waals surface area contributed by atoms with Crippen LogP contribution in [0.5, 0.6) is 5.75 Å². The van der Waals surface area contributed by atoms with Crippen molar-refractivity contribution in [2.24, 2.45) is 0 Å². The molecule has 0 fully saturated rings. The lowest BCUT2D eigenvalue weighted by Crippen LogP contribution is -1.95. The summed E-state index contributed by atoms with van der Waals surface area (Å²) in [4.78, 5) is 12.3. The molecule has 0 spiro atoms. The fraction of sp³-hybridized carbons (Fsp3) is 0.143. The van der Waals surface area contributed by atoms with Crippen molar-refractivity contribution in [1.29, 1.82) is 0 Å². The standard InChI is InChI=1S/C21H19FN2O2/c1-13-4-5-15(10-14(13)2)21(25)9-6-16-11-20(24-23-16)18-8-7-17(26-3)12-19(18)22/h4-12H,1-3H3,(H,23,24)/b9-6+. The molecule has 0 bridgehead atoms. The maximum Gasteiger partial charge on any atom is 0.185 e. The Morgan fingerprint density at radius 1 is 1.12 bits per heavy atom. The molecule has 1 heterocycles. The minimum Gasteiger partial charge on any atom is -0.497 e. The van der Waals surface area contributed by atoms with E-state index in [-0.39, 0.29) is 5.78 Å². The highest BCUT2D eigenvalue weighted by molar-refractivity contribution is 6.06. The second kappa shape index (κ2) is 7.35. The van der Waals surface area contributed by atoms with Crippen molar-refractivity contribution in [3.8, 4) is 17.0 Å². The Kier molecular flexibility index (Phi) is 4.98. The van der Waals surface area contributed by atoms with Crippen LogP contribution in [0.3, 0.4) is 0 Å². The van der Waals surface area contributed by atoms with Crippen LogP contribution in [-0.4, -0.2) is 23.1 Å². The maximum absolute atomic E-state index is 14.1. The van der Waals surface area contributed by atoms with Crippen LogP contribution in [0.2, 0.25) is 0 Å². The van der Waals surface area contributed by atoms with Crippen molar-refractivity contribution < 1.29 is 13.9 Å². The summed E-state index contributed by atoms with van der Waals surface area (Å²) in [5.74, 6) is -0.0710. The monoisotopic (exact) mass is 350 g/mol. The summed E-state index contributed by atoms with van der Waals surface area (Å²) in [5.41, 5.74) is 4.29. The third-order valence-electron chi connectivity index (χ3n) is 4.26. The minimum absolute atomic E-state index is 0.0973. The Balaban J connectivity index is 1.78. The molecule has 3 rings (SSSR count). The third kappa shape index (κ3) is 3.72. The molecular formula is C21H19FN2O2. The summed E-state index contributed by atoms with van der Waals surface area (Å²) in [6, 6.07) is 11.9. The second-order valence-corrected chi connectivity index (χ2v) is 6.05. The van der Waals surface area contributed by atoms with Gasteiger partial charge in [-0.15, -0.1) is 0 Å². The summed E-state index contributed by atoms with van der Waals surface area (Å²) in [6.45, 7) is 3.98. The van der Waals surface area contributed by atoms with Gasteiger partial charge in [-0.2, -0.15) is 5.10 Å². The summed E-state index contributed by atoms with van der Waals surface area (Å²) >= 11 is 0. The number of H-pyrrole nitrogens is 1. The highest BCUT2D eigenvalue weighted by Gasteiger charge is 2.10. The van der Waals surface area contributed by atoms with E-state index >= 15 is 0 Å². The van der Waals surface area contributed by atoms with Crippen molar-refractivity contribution >= 4 is 11.9 Å². The number of rotatable bonds is 5. The van der Waals surface area contributed by atoms with E-state index in [0.29, 0.717) is 28.3 Å². The van der Waals surface area contributed by atoms with E-state index in [0.717, 1.165) is 11.1 Å². The Morgan fingerprint density at radius 2 is 1.92 bits per heavy atom. The summed E-state index contributed by atoms with van der Waals surface area (Å²) in [6.07, 6.45) is 3.11. The van der Waals surface area contributed by atoms with Crippen LogP contribution in [0.25, 0.3) is 17.3 Å². The topological polar surface area (TPSA) is 55.0 Å². The van der Waals surface area contributed by atoms with Gasteiger partial charge < -0.3 is 4.74 Å². The first kappa shape index (κ1) is 17.6. The average molecular weight is 350 g/mol. The Labute approximate surface area is 151 Å². The Morgan fingerprint density at radius 3 is 2.62 bits per heavy atom. The number of carbonyl (C=O) groups excluding carboxylic acids is 1. The van der Waals surface area contributed by atoms with E-state index in [1.807, 2.05) is 26.0 Å². The summed E-state index contributed by atoms with van der Waals surface area (Å²) in [7, 11) is 1.48. The van der Waals surface area contributed by atoms with Gasteiger partial charge in [0.05, 0.1) is 18.5 Å². The molecule has 132 valence electrons. The summed E-state index contributed by atoms with van der Waals surface area (Å²) in [5, 5.41) is 6.91. The molecule has 0 atom stereocenters. The van der Waals surface area contributed by atoms with Crippen LogP contribution >= 0.6 is 0 Å². The number of benzene rings is 2. The predicted octanol–water partition coefficient (Wildman–Crippen LogP) is 4.74. The van der Waals surface area contributed by atoms with E-state index < -0.39 is 5.82 Å². The first-order chi connectivity index (χ1) is 12.5. The van der Waals surface area contributed by atoms with E-state index in [1.54, 1.807) is 30.3 Å². The molecule has 0 unspecified atom stereocenters. The van der Waals surface area contributed by atoms with Gasteiger partial charge in [-0.3, -0.25) is 9.89 Å². The number of allylic oxidation sites excluding steroid dienone is 1. The molecule has 0 radical (unpaired) electrons. The molecule has 1 N–H and O–H groups in total. The average Bonchev–Trinajstić information content (AvgIpc) is 3.10. The molecule has 26 heavy (non-hydrogen) atoms. The first-order valence-electron chi connectivity index (χ1n) is 8.17. The van der Waals surface area contributed by atoms with Gasteiger partial charge in [0.25, 0.3) is 0 Å². The zero-order valence-electron chi connectivity index (χ0n) is 14.8. The van der Waals surface area contributed by atoms with E-state index in [4.69, 9.17) is 4.74 Å². The number of ether oxygens (including phenoxy) is 1. The van der Waals surface area contributed by atoms with Gasteiger partial charge in [-0.05, 0) is 61.4 Å². The highest BCUT2D eigenvalue weighted by Crippen LogP contribution is 2.25. The number of nitrogens with zero attached hydrogens (tertiary/aromatic N) is 1. The quantitative estimate of drug-likeness (QED) is 0.534. The molecule has 4 nitrogen and oxygen atoms in total. The van der Waals surface area contributed by atoms with Crippen molar-refractivity contribution in [2.45, 2.75) is 13.8 Å². The zero-order chi connectivity index (χ0) is 18.7. The van der Waals surface area contributed by atoms with Crippen LogP contribution in [-0.2, 0) is 0 Å². The van der Waals surface area contributed by atoms with E-state index in [2.05, 4.69) is 10.2 Å². The number of aromatic nitrogens is 2. The SMILES string of the molecule is COc1ccc(-c2cc(/C=C/C(=O)c3ccc(C)c(C)c3)[nH]n2)c(F)c1. The maximum atomic E-state index is 14.1. The van der Waals surface area contributed by atoms with Crippen LogP contribution in [0, 0.1) is 19.7 Å². The lowest BCUT2D eigenvalue weighted by atomic mass is 10.0. The van der Waals surface area contributed by atoms with Gasteiger partial charge in [-0.1, -0.05) is 12.1 Å². The smallest absolute Gasteiger partial charge is 0.185 e. The number of hydrogen-bond acceptors (Lipinski definition) is 3. The number of aromatic amines is 1. The van der Waals surface area contributed by atoms with Gasteiger partial charge in [0.15, 0.2) is 5.78 Å². The molecule has 1 aromatic heterocycles. The van der Waals surface area contributed by atoms with Gasteiger partial charge >= 0.3 is 0 Å². The van der Waals surface area contributed by atoms with E-state index in [1.165, 1.54) is 19.3 Å². The number of carbonyl (C=O) groups is 1. The normalized spacial score (nSPS) is 11.1. The molecule has 2 aromatic carbocycles. The lowest BCUT2D eigenvalue weighted by Gasteiger charge is -2.02. The lowest BCUT2D eigenvalue weighted by molar-refractivity contribution is 0.104. The van der Waals surface area contributed by atoms with Crippen molar-refractivity contribution in [1.82, 2.24) is 10.2 Å². The third-order valence-corrected chi connectivity index (χ3v) is 4.26. The second-order valence-electron chi connectivity index (χ2n) is 6.05. The number of aryl methyl sites for hydroxylation is 2. The van der Waals surface area contributed by atoms with Gasteiger partial charge in [0.2, 0.25) is 0 Å². The number of hydrogen-bond donors (Lipinski definition) is 1. The van der Waals surface area contributed by atoms with Crippen molar-refractivity contribution in [2.75, 3.05) is 7.11 Å². The molecular weight excluding hydrogens is 331 g/mol. The summed E-state index contributed by atoms with van der Waals surface area (Å²) < 4.78 is 19.1. The Hall–Kier alpha value is -3.21. The number of nitrogens with one attached hydrogen (secondary N) is 1. The molecule has 0 aliphatic heterocycles. The fourth-order valence-electron chi connectivity index (χ4n) is 2.55. The number of halogens is 1. The van der Waals surface area contributed by atoms with E-state index in [9.17, 15) is 9.18 Å². The first-order valence-corrected chi connectivity index (χ1v) is 8.17. The molecule has 0 aliphatic carbocycles. The zero-order valence-corrected chi connectivity index (χ0v) is 14.8.